The van der Waals surface area contributed by atoms with Gasteiger partial charge in [0.2, 0.25) is 11.9 Å². The van der Waals surface area contributed by atoms with Gasteiger partial charge in [0.25, 0.3) is 5.24 Å². The van der Waals surface area contributed by atoms with Crippen LogP contribution in [0, 0.1) is 0 Å². The number of carbonyl (C=O) groups is 2. The van der Waals surface area contributed by atoms with Crippen LogP contribution in [0.3, 0.4) is 0 Å². The minimum absolute atomic E-state index is 0.221. The van der Waals surface area contributed by atoms with Crippen LogP contribution in [0.15, 0.2) is 55.6 Å². The van der Waals surface area contributed by atoms with Crippen molar-refractivity contribution >= 4 is 28.9 Å². The first kappa shape index (κ1) is 25.0. The summed E-state index contributed by atoms with van der Waals surface area (Å²) in [6, 6.07) is 9.34. The van der Waals surface area contributed by atoms with E-state index in [1.165, 1.54) is 0 Å². The number of aromatic nitrogens is 2. The van der Waals surface area contributed by atoms with Crippen molar-refractivity contribution < 1.29 is 19.4 Å². The molecule has 2 N–H and O–H groups in total. The van der Waals surface area contributed by atoms with Crippen molar-refractivity contribution in [2.75, 3.05) is 25.1 Å². The van der Waals surface area contributed by atoms with Gasteiger partial charge in [-0.25, -0.2) is 9.97 Å². The quantitative estimate of drug-likeness (QED) is 0.640. The molecule has 1 saturated heterocycles. The average Bonchev–Trinajstić information content (AvgIpc) is 3.08. The number of ether oxygens (including phenoxy) is 1. The summed E-state index contributed by atoms with van der Waals surface area (Å²) < 4.78 is 5.73. The number of nitrogens with zero attached hydrogens (tertiary/aromatic N) is 3. The first-order valence-electron chi connectivity index (χ1n) is 9.50. The Bertz CT molecular complexity index is 787. The van der Waals surface area contributed by atoms with E-state index in [2.05, 4.69) is 21.9 Å². The Morgan fingerprint density at radius 1 is 1.23 bits per heavy atom. The maximum atomic E-state index is 11.6. The fourth-order valence-electron chi connectivity index (χ4n) is 2.35. The van der Waals surface area contributed by atoms with Gasteiger partial charge in [-0.3, -0.25) is 14.9 Å². The smallest absolute Gasteiger partial charge is 0.286 e. The normalized spacial score (nSPS) is 14.4. The zero-order chi connectivity index (χ0) is 22.4. The molecule has 162 valence electrons. The molecule has 30 heavy (non-hydrogen) atoms. The van der Waals surface area contributed by atoms with Crippen molar-refractivity contribution in [3.63, 3.8) is 0 Å². The molecular weight excluding hydrogens is 404 g/mol. The Kier molecular flexibility index (Phi) is 11.7. The third-order valence-corrected chi connectivity index (χ3v) is 4.68. The van der Waals surface area contributed by atoms with E-state index < -0.39 is 0 Å². The molecule has 3 rings (SSSR count). The highest BCUT2D eigenvalue weighted by atomic mass is 32.2. The minimum Gasteiger partial charge on any atom is -0.516 e. The van der Waals surface area contributed by atoms with Gasteiger partial charge in [0, 0.05) is 19.4 Å². The number of nitrogens with one attached hydrogen (secondary N) is 1. The molecule has 0 bridgehead atoms. The summed E-state index contributed by atoms with van der Waals surface area (Å²) in [6.45, 7) is 8.08. The predicted octanol–water partition coefficient (Wildman–Crippen LogP) is 3.60. The monoisotopic (exact) mass is 432 g/mol. The van der Waals surface area contributed by atoms with Gasteiger partial charge < -0.3 is 14.7 Å². The van der Waals surface area contributed by atoms with Crippen LogP contribution < -0.4 is 15.0 Å². The highest BCUT2D eigenvalue weighted by Crippen LogP contribution is 2.23. The molecule has 1 aliphatic rings. The highest BCUT2D eigenvalue weighted by molar-refractivity contribution is 8.15. The van der Waals surface area contributed by atoms with E-state index >= 15 is 0 Å². The summed E-state index contributed by atoms with van der Waals surface area (Å²) in [7, 11) is 1.91. The van der Waals surface area contributed by atoms with Gasteiger partial charge >= 0.3 is 0 Å². The summed E-state index contributed by atoms with van der Waals surface area (Å²) in [5.74, 6) is 1.19. The number of likely N-dealkylation sites (N-methyl/N-ethyl adjacent to an activating group) is 1. The Balaban J connectivity index is 0.000000826. The number of aliphatic hydroxyl groups is 1. The first-order chi connectivity index (χ1) is 14.5. The number of aliphatic hydroxyl groups excluding tert-OH is 1. The van der Waals surface area contributed by atoms with Gasteiger partial charge in [-0.15, -0.1) is 0 Å². The molecule has 8 nitrogen and oxygen atoms in total. The molecule has 1 aliphatic heterocycles. The number of amides is 2. The standard InChI is InChI=1S/C17H18N4O3S.C2H4O.C2H6/c1-21(16-18-7-2-8-19-16)9-10-24-13-5-3-12(4-6-13)11-14-15(22)20-17(23)25-14;1-2-3;1-2/h2-8,14H,9-11H2,1H3,(H,20,22,23);2-3H,1H2;1-2H3. The van der Waals surface area contributed by atoms with Crippen molar-refractivity contribution in [1.82, 2.24) is 15.3 Å². The zero-order valence-electron chi connectivity index (χ0n) is 17.4. The summed E-state index contributed by atoms with van der Waals surface area (Å²) in [5, 5.41) is 9.00. The Morgan fingerprint density at radius 2 is 1.83 bits per heavy atom. The Hall–Kier alpha value is -3.07. The van der Waals surface area contributed by atoms with Crippen LogP contribution in [-0.4, -0.2) is 51.7 Å². The molecule has 9 heteroatoms. The number of benzene rings is 1. The molecule has 0 radical (unpaired) electrons. The van der Waals surface area contributed by atoms with Crippen LogP contribution >= 0.6 is 11.8 Å². The van der Waals surface area contributed by atoms with E-state index in [1.54, 1.807) is 18.5 Å². The lowest BCUT2D eigenvalue weighted by Crippen LogP contribution is -2.25. The zero-order valence-corrected chi connectivity index (χ0v) is 18.3. The fourth-order valence-corrected chi connectivity index (χ4v) is 3.21. The van der Waals surface area contributed by atoms with E-state index in [4.69, 9.17) is 9.84 Å². The van der Waals surface area contributed by atoms with Crippen LogP contribution in [0.2, 0.25) is 0 Å². The topological polar surface area (TPSA) is 105 Å². The highest BCUT2D eigenvalue weighted by Gasteiger charge is 2.31. The summed E-state index contributed by atoms with van der Waals surface area (Å²) in [6.07, 6.45) is 4.68. The second-order valence-electron chi connectivity index (χ2n) is 5.73. The molecule has 2 aromatic rings. The molecule has 0 spiro atoms. The number of carbonyl (C=O) groups excluding carboxylic acids is 2. The molecule has 1 aromatic heterocycles. The van der Waals surface area contributed by atoms with Gasteiger partial charge in [-0.2, -0.15) is 0 Å². The molecule has 1 atom stereocenters. The molecule has 2 heterocycles. The van der Waals surface area contributed by atoms with E-state index in [0.29, 0.717) is 25.5 Å². The molecule has 0 saturated carbocycles. The molecular formula is C21H28N4O4S. The number of hydrogen-bond donors (Lipinski definition) is 2. The van der Waals surface area contributed by atoms with Gasteiger partial charge in [0.05, 0.1) is 18.1 Å². The average molecular weight is 433 g/mol. The summed E-state index contributed by atoms with van der Waals surface area (Å²) >= 11 is 1.04. The molecule has 1 unspecified atom stereocenters. The molecule has 2 amide bonds. The van der Waals surface area contributed by atoms with Crippen LogP contribution in [0.25, 0.3) is 0 Å². The lowest BCUT2D eigenvalue weighted by Gasteiger charge is -2.16. The second kappa shape index (κ2) is 14.0. The number of anilines is 1. The number of imide groups is 1. The van der Waals surface area contributed by atoms with Gasteiger partial charge in [0.15, 0.2) is 0 Å². The van der Waals surface area contributed by atoms with Crippen molar-refractivity contribution in [3.05, 3.63) is 61.1 Å². The van der Waals surface area contributed by atoms with Crippen LogP contribution in [0.4, 0.5) is 10.7 Å². The largest absolute Gasteiger partial charge is 0.516 e. The molecule has 0 aliphatic carbocycles. The number of rotatable bonds is 7. The third-order valence-electron chi connectivity index (χ3n) is 3.70. The van der Waals surface area contributed by atoms with Crippen LogP contribution in [0.1, 0.15) is 19.4 Å². The lowest BCUT2D eigenvalue weighted by molar-refractivity contribution is -0.118. The van der Waals surface area contributed by atoms with E-state index in [9.17, 15) is 9.59 Å². The van der Waals surface area contributed by atoms with Crippen LogP contribution in [0.5, 0.6) is 5.75 Å². The van der Waals surface area contributed by atoms with Crippen LogP contribution in [-0.2, 0) is 11.2 Å². The maximum absolute atomic E-state index is 11.6. The van der Waals surface area contributed by atoms with Crippen molar-refractivity contribution in [1.29, 1.82) is 0 Å². The third kappa shape index (κ3) is 8.52. The van der Waals surface area contributed by atoms with E-state index in [0.717, 1.165) is 29.3 Å². The maximum Gasteiger partial charge on any atom is 0.286 e. The van der Waals surface area contributed by atoms with Gasteiger partial charge in [-0.05, 0) is 30.2 Å². The molecule has 1 fully saturated rings. The van der Waals surface area contributed by atoms with Gasteiger partial charge in [-0.1, -0.05) is 44.3 Å². The first-order valence-corrected chi connectivity index (χ1v) is 10.4. The van der Waals surface area contributed by atoms with E-state index in [-0.39, 0.29) is 16.4 Å². The van der Waals surface area contributed by atoms with E-state index in [1.807, 2.05) is 50.1 Å². The van der Waals surface area contributed by atoms with Crippen molar-refractivity contribution in [2.24, 2.45) is 0 Å². The fraction of sp³-hybridized carbons (Fsp3) is 0.333. The van der Waals surface area contributed by atoms with Crippen molar-refractivity contribution in [2.45, 2.75) is 25.5 Å². The predicted molar refractivity (Wildman–Crippen MR) is 120 cm³/mol. The number of hydrogen-bond acceptors (Lipinski definition) is 8. The minimum atomic E-state index is -0.348. The van der Waals surface area contributed by atoms with Crippen molar-refractivity contribution in [3.8, 4) is 5.75 Å². The lowest BCUT2D eigenvalue weighted by atomic mass is 10.1. The van der Waals surface area contributed by atoms with Gasteiger partial charge in [0.1, 0.15) is 12.4 Å². The Labute approximate surface area is 181 Å². The summed E-state index contributed by atoms with van der Waals surface area (Å²) in [4.78, 5) is 33.0. The summed E-state index contributed by atoms with van der Waals surface area (Å²) in [5.41, 5.74) is 0.990. The molecule has 1 aromatic carbocycles. The Morgan fingerprint density at radius 3 is 2.37 bits per heavy atom. The SMILES string of the molecule is C=CO.CC.CN(CCOc1ccc(CC2SC(=O)NC2=O)cc1)c1ncccn1. The second-order valence-corrected chi connectivity index (χ2v) is 6.91. The number of thioether (sulfide) groups is 1.